The van der Waals surface area contributed by atoms with E-state index >= 15 is 0 Å². The molecule has 0 aromatic heterocycles. The number of carbonyl (C=O) groups excluding carboxylic acids is 2. The molecule has 0 aliphatic carbocycles. The maximum absolute atomic E-state index is 12.7. The van der Waals surface area contributed by atoms with Crippen LogP contribution in [-0.4, -0.2) is 22.7 Å². The van der Waals surface area contributed by atoms with E-state index < -0.39 is 0 Å². The van der Waals surface area contributed by atoms with Crippen LogP contribution < -0.4 is 4.74 Å². The molecule has 142 valence electrons. The summed E-state index contributed by atoms with van der Waals surface area (Å²) < 4.78 is 7.81. The number of nitrogens with zero attached hydrogens (tertiary/aromatic N) is 1. The number of amides is 2. The molecule has 0 spiro atoms. The van der Waals surface area contributed by atoms with Gasteiger partial charge in [0.25, 0.3) is 11.1 Å². The zero-order chi connectivity index (χ0) is 20.3. The first-order valence-electron chi connectivity index (χ1n) is 7.94. The van der Waals surface area contributed by atoms with Crippen molar-refractivity contribution in [1.82, 2.24) is 4.90 Å². The fraction of sp³-hybridized carbons (Fsp3) is 0.100. The van der Waals surface area contributed by atoms with Crippen molar-refractivity contribution in [2.75, 3.05) is 6.61 Å². The van der Waals surface area contributed by atoms with Gasteiger partial charge in [0, 0.05) is 4.47 Å². The Morgan fingerprint density at radius 1 is 1.11 bits per heavy atom. The van der Waals surface area contributed by atoms with Crippen molar-refractivity contribution < 1.29 is 14.3 Å². The van der Waals surface area contributed by atoms with Crippen LogP contribution in [0.5, 0.6) is 5.75 Å². The molecule has 1 aliphatic heterocycles. The Morgan fingerprint density at radius 2 is 1.75 bits per heavy atom. The van der Waals surface area contributed by atoms with E-state index in [1.54, 1.807) is 18.2 Å². The van der Waals surface area contributed by atoms with E-state index in [2.05, 4.69) is 53.7 Å². The van der Waals surface area contributed by atoms with E-state index in [0.717, 1.165) is 27.4 Å². The van der Waals surface area contributed by atoms with Gasteiger partial charge in [0.1, 0.15) is 12.4 Å². The molecule has 8 heteroatoms. The second kappa shape index (κ2) is 9.31. The van der Waals surface area contributed by atoms with Crippen LogP contribution in [0, 0.1) is 12.3 Å². The standard InChI is InChI=1S/C20H12Br3NO3S/c1-2-7-27-18-15(22)8-13(9-16(18)23)10-17-19(25)24(20(26)28-17)11-12-3-5-14(21)6-4-12/h1,3-6,8-10H,7,11H2/b17-10-. The van der Waals surface area contributed by atoms with Crippen molar-refractivity contribution in [2.45, 2.75) is 6.54 Å². The summed E-state index contributed by atoms with van der Waals surface area (Å²) in [4.78, 5) is 26.6. The first-order chi connectivity index (χ1) is 13.4. The number of hydrogen-bond donors (Lipinski definition) is 0. The Labute approximate surface area is 192 Å². The highest BCUT2D eigenvalue weighted by molar-refractivity contribution is 9.11. The van der Waals surface area contributed by atoms with Gasteiger partial charge in [0.05, 0.1) is 20.4 Å². The second-order valence-corrected chi connectivity index (χ2v) is 9.32. The predicted molar refractivity (Wildman–Crippen MR) is 122 cm³/mol. The van der Waals surface area contributed by atoms with Gasteiger partial charge in [0.15, 0.2) is 0 Å². The maximum Gasteiger partial charge on any atom is 0.293 e. The maximum atomic E-state index is 12.7. The van der Waals surface area contributed by atoms with Gasteiger partial charge < -0.3 is 4.74 Å². The summed E-state index contributed by atoms with van der Waals surface area (Å²) in [7, 11) is 0. The largest absolute Gasteiger partial charge is 0.479 e. The van der Waals surface area contributed by atoms with Gasteiger partial charge in [0.2, 0.25) is 0 Å². The minimum absolute atomic E-state index is 0.144. The van der Waals surface area contributed by atoms with Crippen molar-refractivity contribution in [3.05, 3.63) is 65.8 Å². The molecule has 1 fully saturated rings. The lowest BCUT2D eigenvalue weighted by molar-refractivity contribution is -0.123. The molecule has 2 aromatic rings. The number of hydrogen-bond acceptors (Lipinski definition) is 4. The van der Waals surface area contributed by atoms with Crippen LogP contribution in [0.2, 0.25) is 0 Å². The lowest BCUT2D eigenvalue weighted by atomic mass is 10.2. The minimum Gasteiger partial charge on any atom is -0.479 e. The fourth-order valence-corrected chi connectivity index (χ4v) is 5.03. The van der Waals surface area contributed by atoms with Crippen molar-refractivity contribution >= 4 is 76.8 Å². The van der Waals surface area contributed by atoms with Crippen molar-refractivity contribution in [3.63, 3.8) is 0 Å². The van der Waals surface area contributed by atoms with Crippen molar-refractivity contribution in [2.24, 2.45) is 0 Å². The van der Waals surface area contributed by atoms with Crippen LogP contribution >= 0.6 is 59.6 Å². The first-order valence-corrected chi connectivity index (χ1v) is 11.1. The molecule has 0 unspecified atom stereocenters. The Bertz CT molecular complexity index is 989. The third kappa shape index (κ3) is 4.90. The lowest BCUT2D eigenvalue weighted by Crippen LogP contribution is -2.27. The van der Waals surface area contributed by atoms with Crippen molar-refractivity contribution in [3.8, 4) is 18.1 Å². The number of imide groups is 1. The topological polar surface area (TPSA) is 46.6 Å². The molecule has 0 N–H and O–H groups in total. The van der Waals surface area contributed by atoms with Crippen LogP contribution in [-0.2, 0) is 11.3 Å². The van der Waals surface area contributed by atoms with Crippen LogP contribution in [0.25, 0.3) is 6.08 Å². The molecule has 0 atom stereocenters. The Balaban J connectivity index is 1.81. The predicted octanol–water partition coefficient (Wildman–Crippen LogP) is 6.22. The van der Waals surface area contributed by atoms with E-state index in [1.165, 1.54) is 4.90 Å². The number of benzene rings is 2. The number of ether oxygens (including phenoxy) is 1. The molecular weight excluding hydrogens is 574 g/mol. The normalized spacial score (nSPS) is 15.2. The summed E-state index contributed by atoms with van der Waals surface area (Å²) in [6.45, 7) is 0.382. The molecule has 1 saturated heterocycles. The van der Waals surface area contributed by atoms with E-state index in [4.69, 9.17) is 11.2 Å². The average molecular weight is 586 g/mol. The van der Waals surface area contributed by atoms with Gasteiger partial charge in [-0.2, -0.15) is 0 Å². The zero-order valence-corrected chi connectivity index (χ0v) is 19.8. The number of carbonyl (C=O) groups is 2. The monoisotopic (exact) mass is 583 g/mol. The molecule has 4 nitrogen and oxygen atoms in total. The molecule has 28 heavy (non-hydrogen) atoms. The van der Waals surface area contributed by atoms with Gasteiger partial charge in [-0.05, 0) is 85.1 Å². The third-order valence-corrected chi connectivity index (χ3v) is 6.36. The second-order valence-electron chi connectivity index (χ2n) is 5.70. The van der Waals surface area contributed by atoms with Crippen LogP contribution in [0.1, 0.15) is 11.1 Å². The van der Waals surface area contributed by atoms with Crippen LogP contribution in [0.15, 0.2) is 54.7 Å². The van der Waals surface area contributed by atoms with E-state index in [9.17, 15) is 9.59 Å². The number of rotatable bonds is 5. The summed E-state index contributed by atoms with van der Waals surface area (Å²) in [6, 6.07) is 11.1. The van der Waals surface area contributed by atoms with Gasteiger partial charge in [-0.1, -0.05) is 34.0 Å². The fourth-order valence-electron chi connectivity index (χ4n) is 2.47. The van der Waals surface area contributed by atoms with Crippen LogP contribution in [0.3, 0.4) is 0 Å². The van der Waals surface area contributed by atoms with Crippen LogP contribution in [0.4, 0.5) is 4.79 Å². The highest BCUT2D eigenvalue weighted by Gasteiger charge is 2.35. The lowest BCUT2D eigenvalue weighted by Gasteiger charge is -2.12. The molecule has 0 radical (unpaired) electrons. The smallest absolute Gasteiger partial charge is 0.293 e. The summed E-state index contributed by atoms with van der Waals surface area (Å²) in [5, 5.41) is -0.286. The quantitative estimate of drug-likeness (QED) is 0.309. The number of terminal acetylenes is 1. The molecule has 2 amide bonds. The Hall–Kier alpha value is -1.53. The highest BCUT2D eigenvalue weighted by atomic mass is 79.9. The van der Waals surface area contributed by atoms with Gasteiger partial charge in [-0.15, -0.1) is 6.42 Å². The molecule has 0 bridgehead atoms. The first kappa shape index (κ1) is 21.2. The number of thioether (sulfide) groups is 1. The third-order valence-electron chi connectivity index (χ3n) is 3.75. The van der Waals surface area contributed by atoms with Gasteiger partial charge in [-0.3, -0.25) is 14.5 Å². The zero-order valence-electron chi connectivity index (χ0n) is 14.2. The van der Waals surface area contributed by atoms with E-state index in [0.29, 0.717) is 19.6 Å². The van der Waals surface area contributed by atoms with E-state index in [-0.39, 0.29) is 24.3 Å². The Kier molecular flexibility index (Phi) is 7.05. The molecule has 1 heterocycles. The minimum atomic E-state index is -0.308. The Morgan fingerprint density at radius 3 is 2.36 bits per heavy atom. The number of halogens is 3. The molecule has 1 aliphatic rings. The summed E-state index contributed by atoms with van der Waals surface area (Å²) in [5.41, 5.74) is 1.63. The molecular formula is C20H12Br3NO3S. The summed E-state index contributed by atoms with van der Waals surface area (Å²) in [5.74, 6) is 2.69. The van der Waals surface area contributed by atoms with Gasteiger partial charge in [-0.25, -0.2) is 0 Å². The summed E-state index contributed by atoms with van der Waals surface area (Å²) >= 11 is 11.2. The van der Waals surface area contributed by atoms with Crippen molar-refractivity contribution in [1.29, 1.82) is 0 Å². The molecule has 0 saturated carbocycles. The highest BCUT2D eigenvalue weighted by Crippen LogP contribution is 2.38. The summed E-state index contributed by atoms with van der Waals surface area (Å²) in [6.07, 6.45) is 6.91. The van der Waals surface area contributed by atoms with Gasteiger partial charge >= 0.3 is 0 Å². The average Bonchev–Trinajstić information content (AvgIpc) is 2.90. The molecule has 3 rings (SSSR count). The van der Waals surface area contributed by atoms with E-state index in [1.807, 2.05) is 24.3 Å². The SMILES string of the molecule is C#CCOc1c(Br)cc(/C=C2\SC(=O)N(Cc3ccc(Br)cc3)C2=O)cc1Br. The molecule has 2 aromatic carbocycles.